The molecule has 2 aliphatic heterocycles. The van der Waals surface area contributed by atoms with Crippen molar-refractivity contribution in [1.29, 1.82) is 0 Å². The molecule has 19 heavy (non-hydrogen) atoms. The minimum Gasteiger partial charge on any atom is -0.481 e. The maximum Gasteiger partial charge on any atom is 0.308 e. The summed E-state index contributed by atoms with van der Waals surface area (Å²) in [6, 6.07) is 6.36. The van der Waals surface area contributed by atoms with Gasteiger partial charge in [-0.25, -0.2) is 0 Å². The summed E-state index contributed by atoms with van der Waals surface area (Å²) in [5.74, 6) is -0.848. The summed E-state index contributed by atoms with van der Waals surface area (Å²) in [6.07, 6.45) is 2.91. The predicted octanol–water partition coefficient (Wildman–Crippen LogP) is 3.54. The minimum atomic E-state index is -0.651. The zero-order chi connectivity index (χ0) is 13.6. The average molecular weight is 345 g/mol. The molecule has 0 aromatic heterocycles. The van der Waals surface area contributed by atoms with E-state index in [2.05, 4.69) is 20.8 Å². The van der Waals surface area contributed by atoms with Crippen LogP contribution in [0.15, 0.2) is 22.7 Å². The number of benzene rings is 1. The van der Waals surface area contributed by atoms with Gasteiger partial charge in [0, 0.05) is 28.1 Å². The van der Waals surface area contributed by atoms with Gasteiger partial charge in [-0.2, -0.15) is 0 Å². The first-order valence-electron chi connectivity index (χ1n) is 6.48. The lowest BCUT2D eigenvalue weighted by atomic mass is 9.89. The summed E-state index contributed by atoms with van der Waals surface area (Å²) in [5, 5.41) is 9.98. The van der Waals surface area contributed by atoms with Crippen LogP contribution in [0.3, 0.4) is 0 Å². The standard InChI is InChI=1S/C14H15BrClNO2/c15-12-3-1-9(16)5-8(12)7-17-10-2-4-13(17)11(6-10)14(18)19/h1,3,5,10-11,13H,2,4,6-7H2,(H,18,19). The minimum absolute atomic E-state index is 0.188. The van der Waals surface area contributed by atoms with E-state index in [0.717, 1.165) is 40.9 Å². The third-order valence-corrected chi connectivity index (χ3v) is 5.37. The number of rotatable bonds is 3. The summed E-state index contributed by atoms with van der Waals surface area (Å²) in [5.41, 5.74) is 1.13. The fourth-order valence-corrected chi connectivity index (χ4v) is 4.04. The van der Waals surface area contributed by atoms with E-state index in [1.165, 1.54) is 0 Å². The van der Waals surface area contributed by atoms with Crippen LogP contribution >= 0.6 is 27.5 Å². The SMILES string of the molecule is O=C(O)C1CC2CCC1N2Cc1cc(Cl)ccc1Br. The highest BCUT2D eigenvalue weighted by Gasteiger charge is 2.49. The summed E-state index contributed by atoms with van der Waals surface area (Å²) < 4.78 is 1.04. The summed E-state index contributed by atoms with van der Waals surface area (Å²) in [6.45, 7) is 0.778. The number of aliphatic carboxylic acids is 1. The van der Waals surface area contributed by atoms with Gasteiger partial charge in [0.25, 0.3) is 0 Å². The molecule has 3 rings (SSSR count). The summed E-state index contributed by atoms with van der Waals surface area (Å²) in [7, 11) is 0. The van der Waals surface area contributed by atoms with Crippen molar-refractivity contribution in [2.24, 2.45) is 5.92 Å². The van der Waals surface area contributed by atoms with E-state index in [1.54, 1.807) is 0 Å². The van der Waals surface area contributed by atoms with Gasteiger partial charge < -0.3 is 5.11 Å². The Morgan fingerprint density at radius 3 is 2.95 bits per heavy atom. The monoisotopic (exact) mass is 343 g/mol. The fourth-order valence-electron chi connectivity index (χ4n) is 3.47. The molecule has 2 bridgehead atoms. The highest BCUT2D eigenvalue weighted by Crippen LogP contribution is 2.43. The molecule has 0 amide bonds. The molecule has 3 unspecified atom stereocenters. The molecule has 0 saturated carbocycles. The van der Waals surface area contributed by atoms with Gasteiger partial charge in [-0.3, -0.25) is 9.69 Å². The number of fused-ring (bicyclic) bond motifs is 2. The largest absolute Gasteiger partial charge is 0.481 e. The van der Waals surface area contributed by atoms with Crippen LogP contribution in [0.4, 0.5) is 0 Å². The lowest BCUT2D eigenvalue weighted by Gasteiger charge is -2.23. The van der Waals surface area contributed by atoms with Gasteiger partial charge in [-0.1, -0.05) is 27.5 Å². The first-order valence-corrected chi connectivity index (χ1v) is 7.66. The molecule has 2 fully saturated rings. The van der Waals surface area contributed by atoms with Crippen molar-refractivity contribution in [3.8, 4) is 0 Å². The van der Waals surface area contributed by atoms with E-state index in [1.807, 2.05) is 18.2 Å². The smallest absolute Gasteiger partial charge is 0.308 e. The van der Waals surface area contributed by atoms with Crippen LogP contribution in [-0.4, -0.2) is 28.1 Å². The molecule has 0 spiro atoms. The van der Waals surface area contributed by atoms with E-state index >= 15 is 0 Å². The van der Waals surface area contributed by atoms with E-state index in [0.29, 0.717) is 6.04 Å². The van der Waals surface area contributed by atoms with Gasteiger partial charge in [0.15, 0.2) is 0 Å². The van der Waals surface area contributed by atoms with Crippen molar-refractivity contribution in [2.75, 3.05) is 0 Å². The van der Waals surface area contributed by atoms with Crippen molar-refractivity contribution in [2.45, 2.75) is 37.9 Å². The molecule has 1 aromatic rings. The zero-order valence-electron chi connectivity index (χ0n) is 10.4. The predicted molar refractivity (Wildman–Crippen MR) is 77.2 cm³/mol. The maximum absolute atomic E-state index is 11.3. The topological polar surface area (TPSA) is 40.5 Å². The van der Waals surface area contributed by atoms with Gasteiger partial charge in [-0.15, -0.1) is 0 Å². The third-order valence-electron chi connectivity index (χ3n) is 4.36. The third kappa shape index (κ3) is 2.41. The molecule has 2 saturated heterocycles. The maximum atomic E-state index is 11.3. The number of carboxylic acid groups (broad SMARTS) is 1. The molecule has 5 heteroatoms. The number of nitrogens with zero attached hydrogens (tertiary/aromatic N) is 1. The zero-order valence-corrected chi connectivity index (χ0v) is 12.7. The molecule has 3 nitrogen and oxygen atoms in total. The van der Waals surface area contributed by atoms with Gasteiger partial charge in [0.1, 0.15) is 0 Å². The van der Waals surface area contributed by atoms with Crippen molar-refractivity contribution in [3.05, 3.63) is 33.3 Å². The molecule has 2 aliphatic rings. The molecular weight excluding hydrogens is 330 g/mol. The summed E-state index contributed by atoms with van der Waals surface area (Å²) >= 11 is 9.58. The Balaban J connectivity index is 1.81. The second-order valence-electron chi connectivity index (χ2n) is 5.39. The number of halogens is 2. The van der Waals surface area contributed by atoms with Gasteiger partial charge >= 0.3 is 5.97 Å². The molecule has 3 atom stereocenters. The Morgan fingerprint density at radius 1 is 1.47 bits per heavy atom. The number of hydrogen-bond acceptors (Lipinski definition) is 2. The Bertz CT molecular complexity index is 522. The van der Waals surface area contributed by atoms with Crippen LogP contribution in [0, 0.1) is 5.92 Å². The second-order valence-corrected chi connectivity index (χ2v) is 6.68. The van der Waals surface area contributed by atoms with Crippen LogP contribution in [0.2, 0.25) is 5.02 Å². The number of carbonyl (C=O) groups is 1. The van der Waals surface area contributed by atoms with Crippen molar-refractivity contribution in [1.82, 2.24) is 4.90 Å². The molecule has 0 aliphatic carbocycles. The van der Waals surface area contributed by atoms with E-state index < -0.39 is 5.97 Å². The fraction of sp³-hybridized carbons (Fsp3) is 0.500. The van der Waals surface area contributed by atoms with Crippen LogP contribution in [0.5, 0.6) is 0 Å². The highest BCUT2D eigenvalue weighted by atomic mass is 79.9. The molecule has 1 N–H and O–H groups in total. The first-order chi connectivity index (χ1) is 9.06. The van der Waals surface area contributed by atoms with Crippen LogP contribution < -0.4 is 0 Å². The molecule has 102 valence electrons. The second kappa shape index (κ2) is 5.08. The van der Waals surface area contributed by atoms with Crippen LogP contribution in [0.25, 0.3) is 0 Å². The average Bonchev–Trinajstić information content (AvgIpc) is 2.91. The molecule has 1 aromatic carbocycles. The quantitative estimate of drug-likeness (QED) is 0.912. The molecule has 2 heterocycles. The Hall–Kier alpha value is -0.580. The Labute approximate surface area is 125 Å². The van der Waals surface area contributed by atoms with E-state index in [4.69, 9.17) is 11.6 Å². The first kappa shape index (κ1) is 13.4. The van der Waals surface area contributed by atoms with Crippen LogP contribution in [-0.2, 0) is 11.3 Å². The van der Waals surface area contributed by atoms with Crippen molar-refractivity contribution >= 4 is 33.5 Å². The van der Waals surface area contributed by atoms with Crippen molar-refractivity contribution in [3.63, 3.8) is 0 Å². The molecule has 0 radical (unpaired) electrons. The lowest BCUT2D eigenvalue weighted by molar-refractivity contribution is -0.142. The van der Waals surface area contributed by atoms with E-state index in [-0.39, 0.29) is 12.0 Å². The Morgan fingerprint density at radius 2 is 2.26 bits per heavy atom. The number of hydrogen-bond donors (Lipinski definition) is 1. The summed E-state index contributed by atoms with van der Waals surface area (Å²) in [4.78, 5) is 13.6. The lowest BCUT2D eigenvalue weighted by Crippen LogP contribution is -2.32. The normalized spacial score (nSPS) is 29.9. The number of carboxylic acids is 1. The van der Waals surface area contributed by atoms with E-state index in [9.17, 15) is 9.90 Å². The van der Waals surface area contributed by atoms with Crippen molar-refractivity contribution < 1.29 is 9.90 Å². The van der Waals surface area contributed by atoms with Crippen LogP contribution in [0.1, 0.15) is 24.8 Å². The van der Waals surface area contributed by atoms with Gasteiger partial charge in [-0.05, 0) is 43.0 Å². The van der Waals surface area contributed by atoms with Gasteiger partial charge in [0.05, 0.1) is 5.92 Å². The Kier molecular flexibility index (Phi) is 3.58. The highest BCUT2D eigenvalue weighted by molar-refractivity contribution is 9.10. The van der Waals surface area contributed by atoms with Gasteiger partial charge in [0.2, 0.25) is 0 Å². The molecular formula is C14H15BrClNO2.